The average Bonchev–Trinajstić information content (AvgIpc) is 2.64. The molecule has 1 aliphatic heterocycles. The van der Waals surface area contributed by atoms with Crippen LogP contribution in [0.2, 0.25) is 5.02 Å². The number of urea groups is 1. The molecule has 6 nitrogen and oxygen atoms in total. The highest BCUT2D eigenvalue weighted by Gasteiger charge is 2.30. The first-order valence-corrected chi connectivity index (χ1v) is 10.1. The molecule has 3 rings (SSSR count). The fourth-order valence-corrected chi connectivity index (χ4v) is 4.27. The molecular weight excluding hydrogens is 374 g/mol. The van der Waals surface area contributed by atoms with Crippen molar-refractivity contribution in [3.05, 3.63) is 59.1 Å². The minimum absolute atomic E-state index is 0.208. The fraction of sp³-hybridized carbons (Fsp3) is 0.278. The molecule has 0 bridgehead atoms. The Morgan fingerprint density at radius 1 is 0.962 bits per heavy atom. The summed E-state index contributed by atoms with van der Waals surface area (Å²) in [5.74, 6) is 0. The monoisotopic (exact) mass is 393 g/mol. The number of anilines is 1. The number of nitrogens with one attached hydrogen (secondary N) is 1. The van der Waals surface area contributed by atoms with Crippen molar-refractivity contribution in [3.8, 4) is 0 Å². The van der Waals surface area contributed by atoms with E-state index in [0.29, 0.717) is 18.1 Å². The zero-order chi connectivity index (χ0) is 18.7. The van der Waals surface area contributed by atoms with E-state index in [4.69, 9.17) is 11.6 Å². The highest BCUT2D eigenvalue weighted by atomic mass is 35.5. The maximum absolute atomic E-state index is 12.7. The second-order valence-corrected chi connectivity index (χ2v) is 8.52. The van der Waals surface area contributed by atoms with Crippen molar-refractivity contribution in [1.29, 1.82) is 0 Å². The molecule has 1 saturated heterocycles. The molecule has 8 heteroatoms. The number of benzene rings is 2. The Hall–Kier alpha value is -2.09. The third kappa shape index (κ3) is 4.17. The quantitative estimate of drug-likeness (QED) is 0.870. The molecule has 2 aromatic carbocycles. The van der Waals surface area contributed by atoms with Gasteiger partial charge in [0.25, 0.3) is 0 Å². The van der Waals surface area contributed by atoms with Crippen molar-refractivity contribution in [1.82, 2.24) is 9.21 Å². The van der Waals surface area contributed by atoms with E-state index in [9.17, 15) is 13.2 Å². The van der Waals surface area contributed by atoms with Crippen molar-refractivity contribution >= 4 is 33.3 Å². The SMILES string of the molecule is Cc1ccc(NC(=O)N2CCN(S(=O)(=O)c3ccc(Cl)cc3)CC2)cc1. The Bertz CT molecular complexity index is 875. The summed E-state index contributed by atoms with van der Waals surface area (Å²) in [7, 11) is -3.58. The predicted molar refractivity (Wildman–Crippen MR) is 102 cm³/mol. The van der Waals surface area contributed by atoms with Crippen LogP contribution in [0.15, 0.2) is 53.4 Å². The summed E-state index contributed by atoms with van der Waals surface area (Å²) in [6.07, 6.45) is 0. The Morgan fingerprint density at radius 3 is 2.12 bits per heavy atom. The standard InChI is InChI=1S/C18H20ClN3O3S/c1-14-2-6-16(7-3-14)20-18(23)21-10-12-22(13-11-21)26(24,25)17-8-4-15(19)5-9-17/h2-9H,10-13H2,1H3,(H,20,23). The Kier molecular flexibility index (Phi) is 5.50. The van der Waals surface area contributed by atoms with E-state index < -0.39 is 10.0 Å². The zero-order valence-electron chi connectivity index (χ0n) is 14.4. The van der Waals surface area contributed by atoms with Gasteiger partial charge in [0.15, 0.2) is 0 Å². The van der Waals surface area contributed by atoms with E-state index in [1.165, 1.54) is 16.4 Å². The van der Waals surface area contributed by atoms with E-state index >= 15 is 0 Å². The summed E-state index contributed by atoms with van der Waals surface area (Å²) in [6, 6.07) is 13.4. The van der Waals surface area contributed by atoms with Crippen LogP contribution in [-0.2, 0) is 10.0 Å². The lowest BCUT2D eigenvalue weighted by molar-refractivity contribution is 0.184. The molecule has 2 amide bonds. The normalized spacial score (nSPS) is 15.7. The summed E-state index contributed by atoms with van der Waals surface area (Å²) in [5, 5.41) is 3.32. The van der Waals surface area contributed by atoms with Crippen molar-refractivity contribution < 1.29 is 13.2 Å². The first kappa shape index (κ1) is 18.7. The van der Waals surface area contributed by atoms with Gasteiger partial charge in [0, 0.05) is 36.9 Å². The number of carbonyl (C=O) groups excluding carboxylic acids is 1. The molecule has 0 unspecified atom stereocenters. The number of halogens is 1. The van der Waals surface area contributed by atoms with Crippen LogP contribution < -0.4 is 5.32 Å². The number of rotatable bonds is 3. The first-order chi connectivity index (χ1) is 12.4. The number of hydrogen-bond acceptors (Lipinski definition) is 3. The van der Waals surface area contributed by atoms with Gasteiger partial charge in [0.05, 0.1) is 4.90 Å². The van der Waals surface area contributed by atoms with Crippen LogP contribution in [0.1, 0.15) is 5.56 Å². The number of sulfonamides is 1. The van der Waals surface area contributed by atoms with Gasteiger partial charge in [-0.2, -0.15) is 4.31 Å². The van der Waals surface area contributed by atoms with Crippen LogP contribution in [0, 0.1) is 6.92 Å². The lowest BCUT2D eigenvalue weighted by Crippen LogP contribution is -2.51. The van der Waals surface area contributed by atoms with Crippen LogP contribution in [0.4, 0.5) is 10.5 Å². The van der Waals surface area contributed by atoms with Gasteiger partial charge in [-0.3, -0.25) is 0 Å². The van der Waals surface area contributed by atoms with Crippen molar-refractivity contribution in [2.75, 3.05) is 31.5 Å². The third-order valence-corrected chi connectivity index (χ3v) is 6.44. The summed E-state index contributed by atoms with van der Waals surface area (Å²) in [5.41, 5.74) is 1.83. The van der Waals surface area contributed by atoms with E-state index in [1.54, 1.807) is 17.0 Å². The van der Waals surface area contributed by atoms with Crippen LogP contribution in [0.3, 0.4) is 0 Å². The molecule has 0 spiro atoms. The molecule has 138 valence electrons. The number of aryl methyl sites for hydroxylation is 1. The van der Waals surface area contributed by atoms with Crippen LogP contribution in [0.25, 0.3) is 0 Å². The van der Waals surface area contributed by atoms with Gasteiger partial charge in [0.2, 0.25) is 10.0 Å². The minimum Gasteiger partial charge on any atom is -0.322 e. The summed E-state index contributed by atoms with van der Waals surface area (Å²) < 4.78 is 26.7. The number of piperazine rings is 1. The summed E-state index contributed by atoms with van der Waals surface area (Å²) in [4.78, 5) is 14.2. The zero-order valence-corrected chi connectivity index (χ0v) is 15.9. The van der Waals surface area contributed by atoms with Crippen LogP contribution in [-0.4, -0.2) is 49.8 Å². The van der Waals surface area contributed by atoms with Gasteiger partial charge in [-0.1, -0.05) is 29.3 Å². The second kappa shape index (κ2) is 7.65. The van der Waals surface area contributed by atoms with Gasteiger partial charge < -0.3 is 10.2 Å². The van der Waals surface area contributed by atoms with Gasteiger partial charge in [-0.15, -0.1) is 0 Å². The van der Waals surface area contributed by atoms with Crippen molar-refractivity contribution in [3.63, 3.8) is 0 Å². The smallest absolute Gasteiger partial charge is 0.321 e. The molecular formula is C18H20ClN3O3S. The molecule has 0 aliphatic carbocycles. The number of hydrogen-bond donors (Lipinski definition) is 1. The van der Waals surface area contributed by atoms with Gasteiger partial charge in [0.1, 0.15) is 0 Å². The first-order valence-electron chi connectivity index (χ1n) is 8.24. The molecule has 1 N–H and O–H groups in total. The van der Waals surface area contributed by atoms with Gasteiger partial charge >= 0.3 is 6.03 Å². The largest absolute Gasteiger partial charge is 0.322 e. The van der Waals surface area contributed by atoms with Gasteiger partial charge in [-0.05, 0) is 43.3 Å². The van der Waals surface area contributed by atoms with Crippen LogP contribution in [0.5, 0.6) is 0 Å². The summed E-state index contributed by atoms with van der Waals surface area (Å²) >= 11 is 5.82. The average molecular weight is 394 g/mol. The van der Waals surface area contributed by atoms with E-state index in [0.717, 1.165) is 11.3 Å². The topological polar surface area (TPSA) is 69.7 Å². The van der Waals surface area contributed by atoms with Crippen LogP contribution >= 0.6 is 11.6 Å². The molecule has 26 heavy (non-hydrogen) atoms. The molecule has 0 radical (unpaired) electrons. The molecule has 1 heterocycles. The van der Waals surface area contributed by atoms with E-state index in [1.807, 2.05) is 31.2 Å². The number of carbonyl (C=O) groups is 1. The lowest BCUT2D eigenvalue weighted by atomic mass is 10.2. The third-order valence-electron chi connectivity index (χ3n) is 4.28. The molecule has 0 aromatic heterocycles. The molecule has 1 aliphatic rings. The predicted octanol–water partition coefficient (Wildman–Crippen LogP) is 3.19. The fourth-order valence-electron chi connectivity index (χ4n) is 2.73. The van der Waals surface area contributed by atoms with Crippen molar-refractivity contribution in [2.24, 2.45) is 0 Å². The number of nitrogens with zero attached hydrogens (tertiary/aromatic N) is 2. The summed E-state index contributed by atoms with van der Waals surface area (Å²) in [6.45, 7) is 3.17. The highest BCUT2D eigenvalue weighted by molar-refractivity contribution is 7.89. The molecule has 1 fully saturated rings. The molecule has 2 aromatic rings. The number of amides is 2. The van der Waals surface area contributed by atoms with Crippen molar-refractivity contribution in [2.45, 2.75) is 11.8 Å². The van der Waals surface area contributed by atoms with Gasteiger partial charge in [-0.25, -0.2) is 13.2 Å². The Labute approximate surface area is 158 Å². The highest BCUT2D eigenvalue weighted by Crippen LogP contribution is 2.20. The maximum atomic E-state index is 12.7. The maximum Gasteiger partial charge on any atom is 0.321 e. The minimum atomic E-state index is -3.58. The van der Waals surface area contributed by atoms with E-state index in [2.05, 4.69) is 5.32 Å². The second-order valence-electron chi connectivity index (χ2n) is 6.14. The lowest BCUT2D eigenvalue weighted by Gasteiger charge is -2.34. The molecule has 0 saturated carbocycles. The molecule has 0 atom stereocenters. The van der Waals surface area contributed by atoms with E-state index in [-0.39, 0.29) is 24.0 Å². The Balaban J connectivity index is 1.60. The Morgan fingerprint density at radius 2 is 1.54 bits per heavy atom.